The number of nitrogens with one attached hydrogen (secondary N) is 2. The van der Waals surface area contributed by atoms with Crippen LogP contribution >= 0.6 is 0 Å². The molecule has 0 aromatic heterocycles. The summed E-state index contributed by atoms with van der Waals surface area (Å²) in [7, 11) is 0. The van der Waals surface area contributed by atoms with Gasteiger partial charge in [-0.1, -0.05) is 131 Å². The zero-order valence-electron chi connectivity index (χ0n) is 70.9. The Kier molecular flexibility index (Phi) is 27.9. The van der Waals surface area contributed by atoms with Crippen molar-refractivity contribution in [1.82, 2.24) is 25.1 Å². The summed E-state index contributed by atoms with van der Waals surface area (Å²) in [5.74, 6) is -15.6. The molecule has 8 aliphatic heterocycles. The SMILES string of the molecule is C/C1=C/C=C/[C@H](C)[C@H](O)[C@@H](C)[C@@H](O)[C@@H](C)[C@H](O)[C@H](C)[C@@H](C)/C=C/O[C@@]2(C)Oc3c(C)c(O)c4c(O)c(c(/C=N/N5CCN(C6CCCC6)CC5)c(O)c4c3C2=O)NC1=O.C/C1=C/C=C/[C@H](C)[C@H](O)[C@@H](C)[C@@H](O)[C@@H](C)[C@H](O)[C@H](C)[C@@H](C)/C=C/O[C@@]2(C)Oc3c(C)c(O)c4c(c3C2=O)C(=O)C(/C=N/N2CCN(C3CCCC3)CC2)=C(NC1=O)C4=O. The van der Waals surface area contributed by atoms with Gasteiger partial charge >= 0.3 is 11.6 Å². The van der Waals surface area contributed by atoms with Gasteiger partial charge in [0.15, 0.2) is 11.5 Å². The minimum atomic E-state index is -2.00. The van der Waals surface area contributed by atoms with E-state index in [-0.39, 0.29) is 95.8 Å². The first-order valence-electron chi connectivity index (χ1n) is 41.9. The highest BCUT2D eigenvalue weighted by Gasteiger charge is 2.54. The number of carbonyl (C=O) groups is 6. The lowest BCUT2D eigenvalue weighted by Gasteiger charge is -2.36. The van der Waals surface area contributed by atoms with Gasteiger partial charge in [0, 0.05) is 141 Å². The average Bonchev–Trinajstić information content (AvgIpc) is 1.53. The molecule has 2 saturated heterocycles. The first-order valence-corrected chi connectivity index (χ1v) is 41.9. The van der Waals surface area contributed by atoms with Crippen LogP contribution in [0.15, 0.2) is 93.8 Å². The van der Waals surface area contributed by atoms with Gasteiger partial charge in [-0.25, -0.2) is 0 Å². The van der Waals surface area contributed by atoms with Gasteiger partial charge in [-0.15, -0.1) is 0 Å². The molecule has 3 aliphatic carbocycles. The summed E-state index contributed by atoms with van der Waals surface area (Å²) < 4.78 is 24.1. The van der Waals surface area contributed by atoms with Crippen LogP contribution in [0.4, 0.5) is 5.69 Å². The van der Waals surface area contributed by atoms with Crippen LogP contribution in [0, 0.1) is 73.0 Å². The van der Waals surface area contributed by atoms with Crippen molar-refractivity contribution in [2.45, 2.75) is 222 Å². The number of amides is 2. The number of rotatable bonds is 6. The molecule has 11 aliphatic rings. The Labute approximate surface area is 691 Å². The van der Waals surface area contributed by atoms with Crippen molar-refractivity contribution in [3.8, 4) is 34.5 Å². The van der Waals surface area contributed by atoms with Crippen LogP contribution in [0.1, 0.15) is 206 Å². The molecule has 28 heteroatoms. The van der Waals surface area contributed by atoms with Gasteiger partial charge in [0.2, 0.25) is 5.78 Å². The third kappa shape index (κ3) is 17.8. The molecule has 2 amide bonds. The number of hydrogen-bond acceptors (Lipinski definition) is 26. The third-order valence-electron chi connectivity index (χ3n) is 26.8. The number of allylic oxidation sites excluding steroid dienone is 8. The lowest BCUT2D eigenvalue weighted by atomic mass is 9.77. The number of ether oxygens (including phenoxy) is 4. The number of aromatic hydroxyl groups is 4. The smallest absolute Gasteiger partial charge is 0.312 e. The van der Waals surface area contributed by atoms with Gasteiger partial charge in [0.05, 0.1) is 106 Å². The molecule has 10 bridgehead atoms. The number of hydrazone groups is 2. The number of benzene rings is 3. The number of aliphatic hydroxyl groups excluding tert-OH is 6. The van der Waals surface area contributed by atoms with Gasteiger partial charge in [-0.2, -0.15) is 10.2 Å². The predicted octanol–water partition coefficient (Wildman–Crippen LogP) is 10.3. The maximum Gasteiger partial charge on any atom is 0.312 e. The molecule has 4 fully saturated rings. The molecule has 14 rings (SSSR count). The van der Waals surface area contributed by atoms with Gasteiger partial charge in [0.1, 0.15) is 34.4 Å². The zero-order chi connectivity index (χ0) is 86.2. The Morgan fingerprint density at radius 1 is 0.432 bits per heavy atom. The van der Waals surface area contributed by atoms with Crippen LogP contribution in [0.5, 0.6) is 34.5 Å². The predicted molar refractivity (Wildman–Crippen MR) is 447 cm³/mol. The van der Waals surface area contributed by atoms with E-state index in [0.29, 0.717) is 38.3 Å². The number of hydrogen-bond donors (Lipinski definition) is 12. The number of anilines is 1. The van der Waals surface area contributed by atoms with Crippen LogP contribution in [-0.4, -0.2) is 231 Å². The van der Waals surface area contributed by atoms with Crippen LogP contribution < -0.4 is 20.1 Å². The molecule has 12 N–H and O–H groups in total. The molecule has 8 heterocycles. The molecular formula is C90H122N8O20. The number of piperazine rings is 2. The van der Waals surface area contributed by atoms with E-state index >= 15 is 0 Å². The maximum absolute atomic E-state index is 14.7. The Bertz CT molecular complexity index is 4630. The largest absolute Gasteiger partial charge is 0.507 e. The molecular weight excluding hydrogens is 1510 g/mol. The van der Waals surface area contributed by atoms with Crippen molar-refractivity contribution >= 4 is 63.8 Å². The number of fused-ring (bicyclic) bond motifs is 28. The lowest BCUT2D eigenvalue weighted by molar-refractivity contribution is -0.116. The van der Waals surface area contributed by atoms with E-state index in [9.17, 15) is 79.8 Å². The summed E-state index contributed by atoms with van der Waals surface area (Å²) in [4.78, 5) is 90.4. The van der Waals surface area contributed by atoms with E-state index in [2.05, 4.69) is 30.6 Å². The number of phenolic OH excluding ortho intramolecular Hbond substituents is 4. The summed E-state index contributed by atoms with van der Waals surface area (Å²) in [6.45, 7) is 32.2. The van der Waals surface area contributed by atoms with Crippen LogP contribution in [0.2, 0.25) is 0 Å². The molecule has 0 radical (unpaired) electrons. The summed E-state index contributed by atoms with van der Waals surface area (Å²) in [6.07, 6.45) is 21.7. The van der Waals surface area contributed by atoms with E-state index in [4.69, 9.17) is 18.9 Å². The van der Waals surface area contributed by atoms with Crippen molar-refractivity contribution < 1.29 is 98.8 Å². The molecule has 3 aromatic carbocycles. The molecule has 0 unspecified atom stereocenters. The van der Waals surface area contributed by atoms with Gasteiger partial charge < -0.3 is 80.6 Å². The molecule has 18 atom stereocenters. The first-order chi connectivity index (χ1) is 55.7. The quantitative estimate of drug-likeness (QED) is 0.0620. The lowest BCUT2D eigenvalue weighted by Crippen LogP contribution is -2.48. The second kappa shape index (κ2) is 36.8. The monoisotopic (exact) mass is 1630 g/mol. The average molecular weight is 1640 g/mol. The molecule has 642 valence electrons. The standard InChI is InChI=1S/C45H62N4O10.C45H60N4O10/c2*1-23-16-21-58-45(8)43(56)34-32-33(39(53)29(7)42(34)59-45)41(55)35(31(40(32)54)22-46-49-19-17-48(18-20-49)30-14-9-10-15-30)47-44(57)25(3)13-11-12-24(2)36(50)27(5)38(52)28(6)37(51)26(23)4/h11-13,16,21-24,26-28,30,36-38,50-55H,9-10,14-15,17-20H2,1-8H3,(H,47,57);11-13,16,21-24,26-28,30,36-38,50-53H,9-10,14-15,17-20H2,1-8H3,(H,47,57)/b2*12-11+,21-16+,25-13-,46-22+/t2*23-,24-,26+,27+,28-,36-,37+,38+,45-/m00/s1. The Hall–Kier alpha value is -9.26. The highest BCUT2D eigenvalue weighted by atomic mass is 16.7. The minimum absolute atomic E-state index is 0.0300. The number of Topliss-reactive ketones (excluding diaryl/α,β-unsaturated/α-hetero) is 4. The number of aliphatic hydroxyl groups is 6. The summed E-state index contributed by atoms with van der Waals surface area (Å²) in [5, 5.41) is 133. The van der Waals surface area contributed by atoms with Gasteiger partial charge in [-0.05, 0) is 89.2 Å². The number of nitrogens with zero attached hydrogens (tertiary/aromatic N) is 6. The fourth-order valence-corrected chi connectivity index (χ4v) is 17.9. The summed E-state index contributed by atoms with van der Waals surface area (Å²) in [5.41, 5.74) is -1.67. The highest BCUT2D eigenvalue weighted by molar-refractivity contribution is 6.38. The molecule has 0 spiro atoms. The highest BCUT2D eigenvalue weighted by Crippen LogP contribution is 2.56. The van der Waals surface area contributed by atoms with Crippen LogP contribution in [0.25, 0.3) is 10.8 Å². The number of phenols is 4. The van der Waals surface area contributed by atoms with Crippen LogP contribution in [0.3, 0.4) is 0 Å². The normalized spacial score (nSPS) is 34.5. The first kappa shape index (κ1) is 89.5. The fourth-order valence-electron chi connectivity index (χ4n) is 17.9. The van der Waals surface area contributed by atoms with E-state index < -0.39 is 159 Å². The van der Waals surface area contributed by atoms with E-state index in [0.717, 1.165) is 26.2 Å². The molecule has 2 saturated carbocycles. The van der Waals surface area contributed by atoms with Gasteiger partial charge in [-0.3, -0.25) is 48.6 Å². The van der Waals surface area contributed by atoms with Crippen molar-refractivity contribution in [3.05, 3.63) is 122 Å². The Morgan fingerprint density at radius 2 is 0.831 bits per heavy atom. The summed E-state index contributed by atoms with van der Waals surface area (Å²) in [6, 6.07) is 1.12. The van der Waals surface area contributed by atoms with Crippen molar-refractivity contribution in [3.63, 3.8) is 0 Å². The topological polar surface area (TPSA) is 403 Å². The van der Waals surface area contributed by atoms with E-state index in [1.165, 1.54) is 123 Å². The third-order valence-corrected chi connectivity index (χ3v) is 26.8. The van der Waals surface area contributed by atoms with E-state index in [1.807, 2.05) is 32.7 Å². The minimum Gasteiger partial charge on any atom is -0.507 e. The second-order valence-corrected chi connectivity index (χ2v) is 34.7. The van der Waals surface area contributed by atoms with E-state index in [1.54, 1.807) is 89.9 Å². The Morgan fingerprint density at radius 3 is 1.29 bits per heavy atom. The van der Waals surface area contributed by atoms with Crippen molar-refractivity contribution in [2.75, 3.05) is 57.7 Å². The van der Waals surface area contributed by atoms with Crippen LogP contribution in [-0.2, 0) is 19.1 Å². The number of carbonyl (C=O) groups excluding carboxylic acids is 6. The van der Waals surface area contributed by atoms with Gasteiger partial charge in [0.25, 0.3) is 23.4 Å². The second-order valence-electron chi connectivity index (χ2n) is 34.7. The Balaban J connectivity index is 0.000000231. The summed E-state index contributed by atoms with van der Waals surface area (Å²) >= 11 is 0. The van der Waals surface area contributed by atoms with Crippen molar-refractivity contribution in [2.24, 2.45) is 69.4 Å². The molecule has 28 nitrogen and oxygen atoms in total. The van der Waals surface area contributed by atoms with Crippen molar-refractivity contribution in [1.29, 1.82) is 0 Å². The number of ketones is 4. The molecule has 3 aromatic rings. The fraction of sp³-hybridized carbons (Fsp3) is 0.578. The molecule has 118 heavy (non-hydrogen) atoms. The maximum atomic E-state index is 14.7. The zero-order valence-corrected chi connectivity index (χ0v) is 70.9.